The second-order valence-electron chi connectivity index (χ2n) is 3.91. The maximum Gasteiger partial charge on any atom is 0.356 e. The van der Waals surface area contributed by atoms with E-state index in [1.807, 2.05) is 18.2 Å². The molecule has 0 spiro atoms. The van der Waals surface area contributed by atoms with Crippen LogP contribution in [0.3, 0.4) is 0 Å². The van der Waals surface area contributed by atoms with Gasteiger partial charge in [0.25, 0.3) is 0 Å². The number of rotatable bonds is 2. The van der Waals surface area contributed by atoms with E-state index in [1.165, 1.54) is 6.20 Å². The third kappa shape index (κ3) is 1.94. The van der Waals surface area contributed by atoms with Crippen molar-refractivity contribution in [3.63, 3.8) is 0 Å². The molecule has 0 saturated heterocycles. The summed E-state index contributed by atoms with van der Waals surface area (Å²) in [5.41, 5.74) is 1.49. The highest BCUT2D eigenvalue weighted by molar-refractivity contribution is 6.33. The predicted octanol–water partition coefficient (Wildman–Crippen LogP) is 2.75. The maximum absolute atomic E-state index is 11.0. The molecule has 0 saturated carbocycles. The molecule has 1 N–H and O–H groups in total. The Kier molecular flexibility index (Phi) is 2.68. The van der Waals surface area contributed by atoms with Crippen molar-refractivity contribution in [2.45, 2.75) is 0 Å². The van der Waals surface area contributed by atoms with Crippen molar-refractivity contribution in [2.75, 3.05) is 0 Å². The number of benzene rings is 1. The summed E-state index contributed by atoms with van der Waals surface area (Å²) in [7, 11) is 0. The van der Waals surface area contributed by atoms with Crippen molar-refractivity contribution < 1.29 is 9.90 Å². The highest BCUT2D eigenvalue weighted by Crippen LogP contribution is 2.27. The zero-order valence-electron chi connectivity index (χ0n) is 9.62. The molecule has 0 aliphatic heterocycles. The molecule has 0 radical (unpaired) electrons. The SMILES string of the molecule is O=C(O)c1cn2c(-c3ccccc3Cl)ccnc2n1. The van der Waals surface area contributed by atoms with Crippen molar-refractivity contribution in [1.29, 1.82) is 0 Å². The number of carboxylic acid groups (broad SMARTS) is 1. The fourth-order valence-corrected chi connectivity index (χ4v) is 2.12. The Hall–Kier alpha value is -2.40. The van der Waals surface area contributed by atoms with Crippen LogP contribution >= 0.6 is 11.6 Å². The number of carbonyl (C=O) groups is 1. The molecule has 3 rings (SSSR count). The first kappa shape index (κ1) is 11.7. The van der Waals surface area contributed by atoms with E-state index in [1.54, 1.807) is 22.7 Å². The summed E-state index contributed by atoms with van der Waals surface area (Å²) in [4.78, 5) is 18.9. The summed E-state index contributed by atoms with van der Waals surface area (Å²) in [5.74, 6) is -0.759. The molecule has 5 nitrogen and oxygen atoms in total. The summed E-state index contributed by atoms with van der Waals surface area (Å²) in [6.07, 6.45) is 3.01. The number of nitrogens with zero attached hydrogens (tertiary/aromatic N) is 3. The summed E-state index contributed by atoms with van der Waals surface area (Å²) < 4.78 is 1.62. The Morgan fingerprint density at radius 1 is 1.26 bits per heavy atom. The zero-order valence-corrected chi connectivity index (χ0v) is 10.4. The quantitative estimate of drug-likeness (QED) is 0.779. The van der Waals surface area contributed by atoms with Gasteiger partial charge in [0.05, 0.1) is 5.69 Å². The molecule has 0 aliphatic carbocycles. The minimum atomic E-state index is -1.09. The molecule has 0 fully saturated rings. The Labute approximate surface area is 113 Å². The van der Waals surface area contributed by atoms with Gasteiger partial charge in [0.1, 0.15) is 0 Å². The smallest absolute Gasteiger partial charge is 0.356 e. The molecular formula is C13H8ClN3O2. The number of hydrogen-bond donors (Lipinski definition) is 1. The van der Waals surface area contributed by atoms with Crippen molar-refractivity contribution >= 4 is 23.3 Å². The fourth-order valence-electron chi connectivity index (χ4n) is 1.89. The molecule has 6 heteroatoms. The van der Waals surface area contributed by atoms with Crippen LogP contribution in [0.25, 0.3) is 17.0 Å². The average molecular weight is 274 g/mol. The molecule has 19 heavy (non-hydrogen) atoms. The summed E-state index contributed by atoms with van der Waals surface area (Å²) in [5, 5.41) is 9.56. The van der Waals surface area contributed by atoms with E-state index < -0.39 is 5.97 Å². The standard InChI is InChI=1S/C13H8ClN3O2/c14-9-4-2-1-3-8(9)11-5-6-15-13-16-10(12(18)19)7-17(11)13/h1-7H,(H,18,19). The second-order valence-corrected chi connectivity index (χ2v) is 4.32. The number of fused-ring (bicyclic) bond motifs is 1. The molecule has 0 amide bonds. The fraction of sp³-hybridized carbons (Fsp3) is 0. The number of hydrogen-bond acceptors (Lipinski definition) is 3. The van der Waals surface area contributed by atoms with Crippen LogP contribution in [0.1, 0.15) is 10.5 Å². The number of aromatic carboxylic acids is 1. The first-order valence-electron chi connectivity index (χ1n) is 5.49. The van der Waals surface area contributed by atoms with Crippen LogP contribution in [0.5, 0.6) is 0 Å². The molecule has 94 valence electrons. The summed E-state index contributed by atoms with van der Waals surface area (Å²) in [6, 6.07) is 9.10. The lowest BCUT2D eigenvalue weighted by molar-refractivity contribution is 0.0691. The van der Waals surface area contributed by atoms with Crippen molar-refractivity contribution in [3.8, 4) is 11.3 Å². The van der Waals surface area contributed by atoms with Gasteiger partial charge in [-0.15, -0.1) is 0 Å². The monoisotopic (exact) mass is 273 g/mol. The van der Waals surface area contributed by atoms with E-state index in [0.29, 0.717) is 10.8 Å². The minimum Gasteiger partial charge on any atom is -0.476 e. The highest BCUT2D eigenvalue weighted by Gasteiger charge is 2.13. The topological polar surface area (TPSA) is 67.5 Å². The third-order valence-electron chi connectivity index (χ3n) is 2.74. The molecule has 0 aliphatic rings. The van der Waals surface area contributed by atoms with Gasteiger partial charge in [0.2, 0.25) is 5.78 Å². The largest absolute Gasteiger partial charge is 0.476 e. The first-order chi connectivity index (χ1) is 9.16. The van der Waals surface area contributed by atoms with Crippen LogP contribution in [-0.4, -0.2) is 25.4 Å². The van der Waals surface area contributed by atoms with Crippen LogP contribution in [0.2, 0.25) is 5.02 Å². The van der Waals surface area contributed by atoms with E-state index in [-0.39, 0.29) is 5.69 Å². The minimum absolute atomic E-state index is 0.0491. The summed E-state index contributed by atoms with van der Waals surface area (Å²) in [6.45, 7) is 0. The van der Waals surface area contributed by atoms with Crippen molar-refractivity contribution in [3.05, 3.63) is 53.4 Å². The lowest BCUT2D eigenvalue weighted by Gasteiger charge is -2.06. The molecule has 1 aromatic carbocycles. The molecular weight excluding hydrogens is 266 g/mol. The Morgan fingerprint density at radius 3 is 2.79 bits per heavy atom. The van der Waals surface area contributed by atoms with Crippen LogP contribution in [-0.2, 0) is 0 Å². The zero-order chi connectivity index (χ0) is 13.4. The van der Waals surface area contributed by atoms with Crippen LogP contribution in [0.15, 0.2) is 42.7 Å². The van der Waals surface area contributed by atoms with E-state index in [0.717, 1.165) is 11.3 Å². The number of aromatic nitrogens is 3. The molecule has 2 aromatic heterocycles. The molecule has 0 atom stereocenters. The molecule has 0 bridgehead atoms. The Morgan fingerprint density at radius 2 is 2.05 bits per heavy atom. The van der Waals surface area contributed by atoms with Gasteiger partial charge in [-0.1, -0.05) is 29.8 Å². The lowest BCUT2D eigenvalue weighted by atomic mass is 10.1. The summed E-state index contributed by atoms with van der Waals surface area (Å²) >= 11 is 6.16. The molecule has 2 heterocycles. The van der Waals surface area contributed by atoms with Gasteiger partial charge in [-0.3, -0.25) is 4.40 Å². The Balaban J connectivity index is 2.30. The van der Waals surface area contributed by atoms with E-state index in [2.05, 4.69) is 9.97 Å². The van der Waals surface area contributed by atoms with Crippen LogP contribution < -0.4 is 0 Å². The van der Waals surface area contributed by atoms with E-state index >= 15 is 0 Å². The van der Waals surface area contributed by atoms with Gasteiger partial charge < -0.3 is 5.11 Å². The number of carboxylic acids is 1. The van der Waals surface area contributed by atoms with Crippen LogP contribution in [0, 0.1) is 0 Å². The second kappa shape index (κ2) is 4.37. The predicted molar refractivity (Wildman–Crippen MR) is 70.4 cm³/mol. The van der Waals surface area contributed by atoms with Gasteiger partial charge >= 0.3 is 5.97 Å². The van der Waals surface area contributed by atoms with E-state index in [9.17, 15) is 4.79 Å². The van der Waals surface area contributed by atoms with Gasteiger partial charge in [-0.2, -0.15) is 0 Å². The van der Waals surface area contributed by atoms with Crippen molar-refractivity contribution in [1.82, 2.24) is 14.4 Å². The maximum atomic E-state index is 11.0. The lowest BCUT2D eigenvalue weighted by Crippen LogP contribution is -1.95. The van der Waals surface area contributed by atoms with Crippen LogP contribution in [0.4, 0.5) is 0 Å². The Bertz CT molecular complexity index is 782. The number of imidazole rings is 1. The van der Waals surface area contributed by atoms with E-state index in [4.69, 9.17) is 16.7 Å². The van der Waals surface area contributed by atoms with Gasteiger partial charge in [0.15, 0.2) is 5.69 Å². The molecule has 0 unspecified atom stereocenters. The highest BCUT2D eigenvalue weighted by atomic mass is 35.5. The third-order valence-corrected chi connectivity index (χ3v) is 3.07. The normalized spacial score (nSPS) is 10.8. The molecule has 3 aromatic rings. The van der Waals surface area contributed by atoms with Crippen molar-refractivity contribution in [2.24, 2.45) is 0 Å². The van der Waals surface area contributed by atoms with Gasteiger partial charge in [-0.05, 0) is 12.1 Å². The van der Waals surface area contributed by atoms with Gasteiger partial charge in [-0.25, -0.2) is 14.8 Å². The average Bonchev–Trinajstić information content (AvgIpc) is 2.83. The first-order valence-corrected chi connectivity index (χ1v) is 5.87. The number of halogens is 1. The van der Waals surface area contributed by atoms with Gasteiger partial charge in [0, 0.05) is 23.0 Å².